The van der Waals surface area contributed by atoms with Crippen LogP contribution >= 0.6 is 23.4 Å². The molecular formula is C23H21ClN4OS. The summed E-state index contributed by atoms with van der Waals surface area (Å²) in [7, 11) is 0. The third kappa shape index (κ3) is 3.66. The van der Waals surface area contributed by atoms with E-state index in [4.69, 9.17) is 21.7 Å². The fourth-order valence-corrected chi connectivity index (χ4v) is 5.01. The second-order valence-corrected chi connectivity index (χ2v) is 9.07. The second kappa shape index (κ2) is 7.93. The summed E-state index contributed by atoms with van der Waals surface area (Å²) < 4.78 is 1.87. The molecule has 30 heavy (non-hydrogen) atoms. The van der Waals surface area contributed by atoms with Gasteiger partial charge in [0.05, 0.1) is 0 Å². The van der Waals surface area contributed by atoms with Crippen LogP contribution in [-0.2, 0) is 10.5 Å². The third-order valence-electron chi connectivity index (χ3n) is 5.50. The number of ketones is 1. The molecule has 0 amide bonds. The summed E-state index contributed by atoms with van der Waals surface area (Å²) in [6.07, 6.45) is 2.32. The molecule has 0 saturated heterocycles. The summed E-state index contributed by atoms with van der Waals surface area (Å²) in [6.45, 7) is 2.06. The quantitative estimate of drug-likeness (QED) is 0.543. The minimum absolute atomic E-state index is 0.198. The highest BCUT2D eigenvalue weighted by molar-refractivity contribution is 7.98. The molecule has 1 aromatic heterocycles. The van der Waals surface area contributed by atoms with Crippen molar-refractivity contribution in [3.05, 3.63) is 81.5 Å². The van der Waals surface area contributed by atoms with Crippen LogP contribution in [-0.4, -0.2) is 20.5 Å². The van der Waals surface area contributed by atoms with Gasteiger partial charge < -0.3 is 5.32 Å². The standard InChI is InChI=1S/C23H21ClN4OS/c1-14-8-10-16(11-9-14)21-20-18(6-3-7-19(20)29)25-22-26-23(27-28(21)22)30-13-15-4-2-5-17(24)12-15/h2,4-5,8-12,21H,3,6-7,13H2,1H3,(H,25,26,27)/t21-/m0/s1. The van der Waals surface area contributed by atoms with Gasteiger partial charge in [-0.1, -0.05) is 65.3 Å². The highest BCUT2D eigenvalue weighted by Gasteiger charge is 2.36. The Morgan fingerprint density at radius 1 is 1.20 bits per heavy atom. The first-order chi connectivity index (χ1) is 14.6. The van der Waals surface area contributed by atoms with E-state index in [0.29, 0.717) is 17.5 Å². The number of fused-ring (bicyclic) bond motifs is 1. The van der Waals surface area contributed by atoms with E-state index in [2.05, 4.69) is 36.5 Å². The van der Waals surface area contributed by atoms with Crippen molar-refractivity contribution >= 4 is 35.1 Å². The molecule has 2 heterocycles. The van der Waals surface area contributed by atoms with Crippen molar-refractivity contribution in [3.8, 4) is 0 Å². The van der Waals surface area contributed by atoms with E-state index in [-0.39, 0.29) is 11.8 Å². The number of anilines is 1. The number of aryl methyl sites for hydroxylation is 1. The molecular weight excluding hydrogens is 416 g/mol. The summed E-state index contributed by atoms with van der Waals surface area (Å²) in [6, 6.07) is 15.9. The molecule has 0 bridgehead atoms. The molecule has 1 aliphatic carbocycles. The van der Waals surface area contributed by atoms with Crippen molar-refractivity contribution in [1.82, 2.24) is 14.8 Å². The van der Waals surface area contributed by atoms with E-state index >= 15 is 0 Å². The Hall–Kier alpha value is -2.57. The molecule has 0 fully saturated rings. The van der Waals surface area contributed by atoms with Crippen molar-refractivity contribution in [2.24, 2.45) is 0 Å². The monoisotopic (exact) mass is 436 g/mol. The van der Waals surface area contributed by atoms with Crippen molar-refractivity contribution in [3.63, 3.8) is 0 Å². The smallest absolute Gasteiger partial charge is 0.227 e. The number of carbonyl (C=O) groups excluding carboxylic acids is 1. The number of hydrogen-bond donors (Lipinski definition) is 1. The Kier molecular flexibility index (Phi) is 5.13. The lowest BCUT2D eigenvalue weighted by Crippen LogP contribution is -2.31. The summed E-state index contributed by atoms with van der Waals surface area (Å²) >= 11 is 7.66. The topological polar surface area (TPSA) is 59.8 Å². The molecule has 2 aliphatic rings. The molecule has 5 rings (SSSR count). The normalized spacial score (nSPS) is 18.1. The van der Waals surface area contributed by atoms with E-state index in [0.717, 1.165) is 46.0 Å². The number of rotatable bonds is 4. The first-order valence-electron chi connectivity index (χ1n) is 10.0. The average Bonchev–Trinajstić information content (AvgIpc) is 3.14. The van der Waals surface area contributed by atoms with Gasteiger partial charge in [0.1, 0.15) is 6.04 Å². The van der Waals surface area contributed by atoms with E-state index in [1.54, 1.807) is 11.8 Å². The van der Waals surface area contributed by atoms with Gasteiger partial charge >= 0.3 is 0 Å². The van der Waals surface area contributed by atoms with Crippen LogP contribution in [0.3, 0.4) is 0 Å². The van der Waals surface area contributed by atoms with Gasteiger partial charge in [-0.15, -0.1) is 5.10 Å². The van der Waals surface area contributed by atoms with Crippen LogP contribution in [0.25, 0.3) is 0 Å². The minimum Gasteiger partial charge on any atom is -0.328 e. The van der Waals surface area contributed by atoms with Crippen molar-refractivity contribution in [1.29, 1.82) is 0 Å². The molecule has 1 N–H and O–H groups in total. The first kappa shape index (κ1) is 19.4. The average molecular weight is 437 g/mol. The molecule has 0 unspecified atom stereocenters. The number of halogens is 1. The maximum atomic E-state index is 12.9. The van der Waals surface area contributed by atoms with Crippen LogP contribution in [0.5, 0.6) is 0 Å². The predicted octanol–water partition coefficient (Wildman–Crippen LogP) is 5.55. The van der Waals surface area contributed by atoms with E-state index < -0.39 is 0 Å². The van der Waals surface area contributed by atoms with E-state index in [9.17, 15) is 4.79 Å². The Labute approximate surface area is 184 Å². The molecule has 1 aliphatic heterocycles. The van der Waals surface area contributed by atoms with Gasteiger partial charge in [0.25, 0.3) is 0 Å². The van der Waals surface area contributed by atoms with Crippen LogP contribution < -0.4 is 5.32 Å². The lowest BCUT2D eigenvalue weighted by atomic mass is 9.85. The van der Waals surface area contributed by atoms with Crippen molar-refractivity contribution in [2.45, 2.75) is 43.1 Å². The predicted molar refractivity (Wildman–Crippen MR) is 120 cm³/mol. The van der Waals surface area contributed by atoms with Crippen molar-refractivity contribution in [2.75, 3.05) is 5.32 Å². The van der Waals surface area contributed by atoms with Gasteiger partial charge in [0, 0.05) is 28.5 Å². The van der Waals surface area contributed by atoms with Gasteiger partial charge in [0.15, 0.2) is 5.78 Å². The first-order valence-corrected chi connectivity index (χ1v) is 11.4. The number of carbonyl (C=O) groups is 1. The number of benzene rings is 2. The number of Topliss-reactive ketones (excluding diaryl/α,β-unsaturated/α-hetero) is 1. The van der Waals surface area contributed by atoms with E-state index in [1.807, 2.05) is 28.9 Å². The number of aromatic nitrogens is 3. The molecule has 3 aromatic rings. The number of thioether (sulfide) groups is 1. The molecule has 0 saturated carbocycles. The Morgan fingerprint density at radius 2 is 2.03 bits per heavy atom. The Morgan fingerprint density at radius 3 is 2.83 bits per heavy atom. The number of allylic oxidation sites excluding steroid dienone is 2. The number of hydrogen-bond acceptors (Lipinski definition) is 5. The summed E-state index contributed by atoms with van der Waals surface area (Å²) in [5, 5.41) is 9.57. The van der Waals surface area contributed by atoms with Gasteiger partial charge in [0.2, 0.25) is 11.1 Å². The lowest BCUT2D eigenvalue weighted by Gasteiger charge is -2.32. The molecule has 5 nitrogen and oxygen atoms in total. The molecule has 0 radical (unpaired) electrons. The molecule has 0 spiro atoms. The van der Waals surface area contributed by atoms with Gasteiger partial charge in [-0.2, -0.15) is 4.98 Å². The fourth-order valence-electron chi connectivity index (χ4n) is 4.03. The van der Waals surface area contributed by atoms with Gasteiger partial charge in [-0.3, -0.25) is 4.79 Å². The number of nitrogens with one attached hydrogen (secondary N) is 1. The van der Waals surface area contributed by atoms with Crippen molar-refractivity contribution < 1.29 is 4.79 Å². The van der Waals surface area contributed by atoms with Crippen LogP contribution in [0.2, 0.25) is 5.02 Å². The maximum Gasteiger partial charge on any atom is 0.227 e. The zero-order valence-electron chi connectivity index (χ0n) is 16.6. The van der Waals surface area contributed by atoms with Crippen LogP contribution in [0.15, 0.2) is 65.0 Å². The van der Waals surface area contributed by atoms with Gasteiger partial charge in [-0.05, 0) is 43.0 Å². The third-order valence-corrected chi connectivity index (χ3v) is 6.64. The summed E-state index contributed by atoms with van der Waals surface area (Å²) in [5.41, 5.74) is 5.18. The van der Waals surface area contributed by atoms with Crippen LogP contribution in [0.4, 0.5) is 5.95 Å². The molecule has 152 valence electrons. The van der Waals surface area contributed by atoms with E-state index in [1.165, 1.54) is 5.56 Å². The summed E-state index contributed by atoms with van der Waals surface area (Å²) in [4.78, 5) is 17.6. The Bertz CT molecular complexity index is 1150. The zero-order valence-corrected chi connectivity index (χ0v) is 18.1. The minimum atomic E-state index is -0.238. The van der Waals surface area contributed by atoms with Crippen LogP contribution in [0, 0.1) is 6.92 Å². The van der Waals surface area contributed by atoms with Gasteiger partial charge in [-0.25, -0.2) is 4.68 Å². The highest BCUT2D eigenvalue weighted by atomic mass is 35.5. The largest absolute Gasteiger partial charge is 0.328 e. The number of nitrogens with zero attached hydrogens (tertiary/aromatic N) is 3. The fraction of sp³-hybridized carbons (Fsp3) is 0.261. The Balaban J connectivity index is 1.50. The molecule has 2 aromatic carbocycles. The second-order valence-electron chi connectivity index (χ2n) is 7.69. The highest BCUT2D eigenvalue weighted by Crippen LogP contribution is 2.40. The molecule has 1 atom stereocenters. The SMILES string of the molecule is Cc1ccc([C@H]2C3=C(CCCC3=O)Nc3nc(SCc4cccc(Cl)c4)nn32)cc1. The van der Waals surface area contributed by atoms with Crippen LogP contribution in [0.1, 0.15) is 42.0 Å². The zero-order chi connectivity index (χ0) is 20.7. The maximum absolute atomic E-state index is 12.9. The molecule has 7 heteroatoms. The lowest BCUT2D eigenvalue weighted by molar-refractivity contribution is -0.116. The summed E-state index contributed by atoms with van der Waals surface area (Å²) in [5.74, 6) is 1.62.